The highest BCUT2D eigenvalue weighted by atomic mass is 35.5. The van der Waals surface area contributed by atoms with Crippen molar-refractivity contribution >= 4 is 17.3 Å². The third-order valence-corrected chi connectivity index (χ3v) is 6.09. The monoisotopic (exact) mass is 515 g/mol. The molecule has 188 valence electrons. The highest BCUT2D eigenvalue weighted by Gasteiger charge is 2.27. The van der Waals surface area contributed by atoms with Crippen LogP contribution in [0.4, 0.5) is 8.78 Å². The number of hydrogen-bond donors (Lipinski definition) is 1. The molecule has 0 radical (unpaired) electrons. The summed E-state index contributed by atoms with van der Waals surface area (Å²) in [5, 5.41) is 10.1. The maximum Gasteiger partial charge on any atom is 0.273 e. The fourth-order valence-corrected chi connectivity index (χ4v) is 4.02. The fourth-order valence-electron chi connectivity index (χ4n) is 3.82. The molecule has 1 aliphatic heterocycles. The highest BCUT2D eigenvalue weighted by Crippen LogP contribution is 2.31. The topological polar surface area (TPSA) is 102 Å². The van der Waals surface area contributed by atoms with Crippen LogP contribution < -0.4 is 10.3 Å². The van der Waals surface area contributed by atoms with Crippen molar-refractivity contribution in [3.8, 4) is 5.75 Å². The van der Waals surface area contributed by atoms with E-state index in [4.69, 9.17) is 16.3 Å². The second-order valence-corrected chi connectivity index (χ2v) is 9.38. The van der Waals surface area contributed by atoms with Crippen molar-refractivity contribution in [3.05, 3.63) is 92.3 Å². The number of aryl methyl sites for hydroxylation is 1. The third kappa shape index (κ3) is 5.19. The van der Waals surface area contributed by atoms with Crippen LogP contribution in [0.1, 0.15) is 56.1 Å². The summed E-state index contributed by atoms with van der Waals surface area (Å²) in [5.41, 5.74) is 0.739. The van der Waals surface area contributed by atoms with E-state index in [1.165, 1.54) is 0 Å². The van der Waals surface area contributed by atoms with Gasteiger partial charge in [-0.2, -0.15) is 0 Å². The average Bonchev–Trinajstić information content (AvgIpc) is 2.82. The molecule has 4 heterocycles. The van der Waals surface area contributed by atoms with Crippen LogP contribution >= 0.6 is 11.6 Å². The molecule has 11 heteroatoms. The number of aliphatic imine (C=N–C) groups is 1. The molecule has 0 bridgehead atoms. The van der Waals surface area contributed by atoms with Crippen LogP contribution in [0.5, 0.6) is 5.75 Å². The van der Waals surface area contributed by atoms with Crippen molar-refractivity contribution in [1.29, 1.82) is 0 Å². The van der Waals surface area contributed by atoms with Crippen molar-refractivity contribution in [1.82, 2.24) is 19.5 Å². The van der Waals surface area contributed by atoms with Crippen LogP contribution in [0, 0.1) is 18.6 Å². The maximum absolute atomic E-state index is 13.9. The molecule has 8 nitrogen and oxygen atoms in total. The van der Waals surface area contributed by atoms with E-state index < -0.39 is 28.8 Å². The Balaban J connectivity index is 1.62. The quantitative estimate of drug-likeness (QED) is 0.521. The number of pyridine rings is 2. The van der Waals surface area contributed by atoms with Gasteiger partial charge >= 0.3 is 0 Å². The van der Waals surface area contributed by atoms with Gasteiger partial charge in [0.15, 0.2) is 11.6 Å². The van der Waals surface area contributed by atoms with Gasteiger partial charge in [0, 0.05) is 36.6 Å². The number of hydrogen-bond acceptors (Lipinski definition) is 7. The van der Waals surface area contributed by atoms with Gasteiger partial charge in [0.2, 0.25) is 0 Å². The molecule has 0 saturated heterocycles. The first-order valence-electron chi connectivity index (χ1n) is 11.1. The zero-order valence-corrected chi connectivity index (χ0v) is 20.8. The Bertz CT molecular complexity index is 1450. The van der Waals surface area contributed by atoms with E-state index in [1.807, 2.05) is 6.92 Å². The van der Waals surface area contributed by atoms with Gasteiger partial charge in [-0.25, -0.2) is 18.7 Å². The lowest BCUT2D eigenvalue weighted by Crippen LogP contribution is -2.31. The predicted molar refractivity (Wildman–Crippen MR) is 130 cm³/mol. The lowest BCUT2D eigenvalue weighted by Gasteiger charge is -2.27. The molecule has 0 spiro atoms. The van der Waals surface area contributed by atoms with Crippen molar-refractivity contribution in [2.75, 3.05) is 0 Å². The normalized spacial score (nSPS) is 15.9. The third-order valence-electron chi connectivity index (χ3n) is 5.74. The average molecular weight is 516 g/mol. The van der Waals surface area contributed by atoms with Crippen LogP contribution in [0.2, 0.25) is 5.02 Å². The number of ether oxygens (including phenoxy) is 1. The van der Waals surface area contributed by atoms with Gasteiger partial charge in [0.1, 0.15) is 34.5 Å². The van der Waals surface area contributed by atoms with Crippen molar-refractivity contribution < 1.29 is 18.6 Å². The largest absolute Gasteiger partial charge is 0.485 e. The standard InChI is InChI=1S/C25H24ClF2N5O3/c1-13-10-30-18(17-5-6-29-24(32-17)25(3,4)35)9-20(13)33-14(2)7-21(22(26)23(33)34)36-12-19-16(28)8-15(27)11-31-19/h5-8,10-11,20,35H,9,12H2,1-4H3/t20-/m1/s1. The molecule has 4 rings (SSSR count). The number of nitrogens with zero attached hydrogens (tertiary/aromatic N) is 5. The first kappa shape index (κ1) is 25.6. The van der Waals surface area contributed by atoms with Gasteiger partial charge in [0.05, 0.1) is 23.6 Å². The maximum atomic E-state index is 13.9. The van der Waals surface area contributed by atoms with E-state index in [9.17, 15) is 18.7 Å². The first-order valence-corrected chi connectivity index (χ1v) is 11.5. The molecule has 3 aromatic rings. The van der Waals surface area contributed by atoms with E-state index in [1.54, 1.807) is 49.9 Å². The molecule has 1 atom stereocenters. The van der Waals surface area contributed by atoms with Gasteiger partial charge in [-0.05, 0) is 39.3 Å². The molecule has 1 N–H and O–H groups in total. The van der Waals surface area contributed by atoms with Gasteiger partial charge in [-0.1, -0.05) is 11.6 Å². The Morgan fingerprint density at radius 3 is 2.69 bits per heavy atom. The van der Waals surface area contributed by atoms with Gasteiger partial charge < -0.3 is 14.4 Å². The highest BCUT2D eigenvalue weighted by molar-refractivity contribution is 6.31. The second kappa shape index (κ2) is 9.87. The Kier molecular flexibility index (Phi) is 7.01. The Labute approximate surface area is 211 Å². The zero-order valence-electron chi connectivity index (χ0n) is 20.1. The van der Waals surface area contributed by atoms with E-state index in [2.05, 4.69) is 19.9 Å². The number of aliphatic hydroxyl groups is 1. The number of aromatic nitrogens is 4. The molecule has 3 aromatic heterocycles. The molecule has 0 unspecified atom stereocenters. The summed E-state index contributed by atoms with van der Waals surface area (Å²) in [5.74, 6) is -1.33. The van der Waals surface area contributed by atoms with Gasteiger partial charge in [-0.15, -0.1) is 0 Å². The lowest BCUT2D eigenvalue weighted by atomic mass is 9.97. The first-order chi connectivity index (χ1) is 17.0. The summed E-state index contributed by atoms with van der Waals surface area (Å²) >= 11 is 6.36. The van der Waals surface area contributed by atoms with Crippen molar-refractivity contribution in [3.63, 3.8) is 0 Å². The van der Waals surface area contributed by atoms with Crippen LogP contribution in [-0.2, 0) is 12.2 Å². The van der Waals surface area contributed by atoms with E-state index in [0.29, 0.717) is 29.6 Å². The van der Waals surface area contributed by atoms with Crippen LogP contribution in [0.25, 0.3) is 0 Å². The van der Waals surface area contributed by atoms with Gasteiger partial charge in [-0.3, -0.25) is 14.8 Å². The molecule has 0 fully saturated rings. The summed E-state index contributed by atoms with van der Waals surface area (Å²) in [6, 6.07) is 3.59. The molecule has 0 amide bonds. The van der Waals surface area contributed by atoms with Crippen molar-refractivity contribution in [2.45, 2.75) is 52.4 Å². The number of allylic oxidation sites excluding steroid dienone is 1. The fraction of sp³-hybridized carbons (Fsp3) is 0.320. The molecule has 0 saturated carbocycles. The minimum atomic E-state index is -1.22. The second-order valence-electron chi connectivity index (χ2n) is 9.00. The predicted octanol–water partition coefficient (Wildman–Crippen LogP) is 4.42. The minimum absolute atomic E-state index is 0.0675. The SMILES string of the molecule is CC1=CN=C(c2ccnc(C(C)(C)O)n2)C[C@H]1n1c(C)cc(OCc2ncc(F)cc2F)c(Cl)c1=O. The Morgan fingerprint density at radius 1 is 1.25 bits per heavy atom. The Hall–Kier alpha value is -3.50. The zero-order chi connectivity index (χ0) is 26.2. The number of rotatable bonds is 6. The molecule has 36 heavy (non-hydrogen) atoms. The van der Waals surface area contributed by atoms with E-state index in [-0.39, 0.29) is 28.9 Å². The smallest absolute Gasteiger partial charge is 0.273 e. The molecular weight excluding hydrogens is 492 g/mol. The molecule has 0 aromatic carbocycles. The summed E-state index contributed by atoms with van der Waals surface area (Å²) in [7, 11) is 0. The molecule has 1 aliphatic rings. The summed E-state index contributed by atoms with van der Waals surface area (Å²) in [6.07, 6.45) is 4.46. The lowest BCUT2D eigenvalue weighted by molar-refractivity contribution is 0.0686. The van der Waals surface area contributed by atoms with Crippen molar-refractivity contribution in [2.24, 2.45) is 4.99 Å². The minimum Gasteiger partial charge on any atom is -0.485 e. The van der Waals surface area contributed by atoms with Gasteiger partial charge in [0.25, 0.3) is 5.56 Å². The van der Waals surface area contributed by atoms with E-state index in [0.717, 1.165) is 11.8 Å². The molecule has 0 aliphatic carbocycles. The summed E-state index contributed by atoms with van der Waals surface area (Å²) in [6.45, 7) is 6.45. The summed E-state index contributed by atoms with van der Waals surface area (Å²) < 4.78 is 34.1. The van der Waals surface area contributed by atoms with E-state index >= 15 is 0 Å². The van der Waals surface area contributed by atoms with Crippen LogP contribution in [0.3, 0.4) is 0 Å². The summed E-state index contributed by atoms with van der Waals surface area (Å²) in [4.78, 5) is 30.0. The molecular formula is C25H24ClF2N5O3. The number of halogens is 3. The van der Waals surface area contributed by atoms with Crippen LogP contribution in [-0.4, -0.2) is 30.3 Å². The Morgan fingerprint density at radius 2 is 2.00 bits per heavy atom. The van der Waals surface area contributed by atoms with Crippen LogP contribution in [0.15, 0.2) is 52.2 Å².